The van der Waals surface area contributed by atoms with E-state index in [1.54, 1.807) is 4.57 Å². The highest BCUT2D eigenvalue weighted by Gasteiger charge is 2.18. The Labute approximate surface area is 198 Å². The molecule has 0 saturated heterocycles. The topological polar surface area (TPSA) is 62.6 Å². The second-order valence-electron chi connectivity index (χ2n) is 8.44. The van der Waals surface area contributed by atoms with Crippen LogP contribution in [0.25, 0.3) is 22.3 Å². The summed E-state index contributed by atoms with van der Waals surface area (Å²) in [6.07, 6.45) is 4.52. The van der Waals surface area contributed by atoms with Gasteiger partial charge in [0.05, 0.1) is 29.6 Å². The molecule has 0 bridgehead atoms. The first-order chi connectivity index (χ1) is 16.7. The van der Waals surface area contributed by atoms with Crippen molar-refractivity contribution in [3.63, 3.8) is 0 Å². The molecule has 6 heteroatoms. The molecule has 0 aliphatic carbocycles. The van der Waals surface area contributed by atoms with Gasteiger partial charge in [-0.05, 0) is 48.4 Å². The molecule has 1 aromatic heterocycles. The number of hydrogen-bond acceptors (Lipinski definition) is 5. The summed E-state index contributed by atoms with van der Waals surface area (Å²) in [6, 6.07) is 21.0. The van der Waals surface area contributed by atoms with Crippen LogP contribution in [0.1, 0.15) is 38.2 Å². The number of rotatable bonds is 9. The van der Waals surface area contributed by atoms with Gasteiger partial charge in [-0.2, -0.15) is 0 Å². The molecule has 0 radical (unpaired) electrons. The predicted octanol–water partition coefficient (Wildman–Crippen LogP) is 5.80. The van der Waals surface area contributed by atoms with Gasteiger partial charge in [0.1, 0.15) is 11.6 Å². The second kappa shape index (κ2) is 10.00. The molecule has 4 aromatic rings. The summed E-state index contributed by atoms with van der Waals surface area (Å²) in [6.45, 7) is 3.40. The van der Waals surface area contributed by atoms with Crippen molar-refractivity contribution in [2.24, 2.45) is 0 Å². The van der Waals surface area contributed by atoms with Crippen LogP contribution in [0.3, 0.4) is 0 Å². The maximum atomic E-state index is 13.6. The van der Waals surface area contributed by atoms with Gasteiger partial charge >= 0.3 is 0 Å². The van der Waals surface area contributed by atoms with E-state index in [2.05, 4.69) is 6.92 Å². The van der Waals surface area contributed by atoms with Crippen LogP contribution in [0, 0.1) is 0 Å². The van der Waals surface area contributed by atoms with Gasteiger partial charge in [-0.3, -0.25) is 9.36 Å². The highest BCUT2D eigenvalue weighted by atomic mass is 16.7. The van der Waals surface area contributed by atoms with Crippen LogP contribution in [-0.2, 0) is 6.54 Å². The quantitative estimate of drug-likeness (QED) is 0.298. The molecule has 0 N–H and O–H groups in total. The van der Waals surface area contributed by atoms with E-state index < -0.39 is 0 Å². The number of benzene rings is 3. The van der Waals surface area contributed by atoms with E-state index in [4.69, 9.17) is 19.2 Å². The standard InChI is InChI=1S/C28H28N2O4/c1-2-3-4-9-16-32-24-13-8-6-11-22(24)27-29-23-12-7-5-10-21(23)28(31)30(27)18-20-14-15-25-26(17-20)34-19-33-25/h5-8,10-15,17H,2-4,9,16,18-19H2,1H3. The number of hydrogen-bond donors (Lipinski definition) is 0. The summed E-state index contributed by atoms with van der Waals surface area (Å²) in [4.78, 5) is 18.6. The molecule has 3 aromatic carbocycles. The van der Waals surface area contributed by atoms with Gasteiger partial charge in [-0.1, -0.05) is 56.5 Å². The molecule has 0 amide bonds. The number of para-hydroxylation sites is 2. The Morgan fingerprint density at radius 2 is 1.76 bits per heavy atom. The van der Waals surface area contributed by atoms with Crippen molar-refractivity contribution in [2.75, 3.05) is 13.4 Å². The van der Waals surface area contributed by atoms with Gasteiger partial charge in [-0.15, -0.1) is 0 Å². The molecule has 34 heavy (non-hydrogen) atoms. The van der Waals surface area contributed by atoms with Crippen LogP contribution < -0.4 is 19.8 Å². The first kappa shape index (κ1) is 22.0. The number of nitrogens with zero attached hydrogens (tertiary/aromatic N) is 2. The third-order valence-electron chi connectivity index (χ3n) is 6.02. The van der Waals surface area contributed by atoms with E-state index in [1.807, 2.05) is 66.7 Å². The molecule has 5 rings (SSSR count). The van der Waals surface area contributed by atoms with Gasteiger partial charge in [-0.25, -0.2) is 4.98 Å². The normalized spacial score (nSPS) is 12.3. The third-order valence-corrected chi connectivity index (χ3v) is 6.02. The molecular formula is C28H28N2O4. The predicted molar refractivity (Wildman–Crippen MR) is 133 cm³/mol. The van der Waals surface area contributed by atoms with Crippen molar-refractivity contribution >= 4 is 10.9 Å². The summed E-state index contributed by atoms with van der Waals surface area (Å²) in [5, 5.41) is 0.588. The third kappa shape index (κ3) is 4.49. The maximum absolute atomic E-state index is 13.6. The number of fused-ring (bicyclic) bond motifs is 2. The van der Waals surface area contributed by atoms with Gasteiger partial charge in [0.25, 0.3) is 5.56 Å². The Morgan fingerprint density at radius 3 is 2.68 bits per heavy atom. The van der Waals surface area contributed by atoms with Crippen LogP contribution >= 0.6 is 0 Å². The second-order valence-corrected chi connectivity index (χ2v) is 8.44. The summed E-state index contributed by atoms with van der Waals surface area (Å²) in [7, 11) is 0. The molecule has 174 valence electrons. The molecule has 0 spiro atoms. The average molecular weight is 457 g/mol. The van der Waals surface area contributed by atoms with E-state index in [1.165, 1.54) is 12.8 Å². The van der Waals surface area contributed by atoms with Crippen molar-refractivity contribution in [1.82, 2.24) is 9.55 Å². The van der Waals surface area contributed by atoms with E-state index in [-0.39, 0.29) is 12.4 Å². The van der Waals surface area contributed by atoms with Crippen LogP contribution in [-0.4, -0.2) is 23.0 Å². The number of ether oxygens (including phenoxy) is 3. The smallest absolute Gasteiger partial charge is 0.261 e. The minimum atomic E-state index is -0.0870. The van der Waals surface area contributed by atoms with Crippen molar-refractivity contribution in [1.29, 1.82) is 0 Å². The fourth-order valence-corrected chi connectivity index (χ4v) is 4.23. The summed E-state index contributed by atoms with van der Waals surface area (Å²) >= 11 is 0. The maximum Gasteiger partial charge on any atom is 0.261 e. The highest BCUT2D eigenvalue weighted by molar-refractivity contribution is 5.80. The van der Waals surface area contributed by atoms with E-state index in [0.717, 1.165) is 35.5 Å². The lowest BCUT2D eigenvalue weighted by Crippen LogP contribution is -2.24. The molecule has 0 saturated carbocycles. The molecule has 2 heterocycles. The number of aromatic nitrogens is 2. The summed E-state index contributed by atoms with van der Waals surface area (Å²) in [5.74, 6) is 2.73. The number of unbranched alkanes of at least 4 members (excludes halogenated alkanes) is 3. The zero-order chi connectivity index (χ0) is 23.3. The summed E-state index contributed by atoms with van der Waals surface area (Å²) in [5.41, 5.74) is 2.32. The van der Waals surface area contributed by atoms with Crippen molar-refractivity contribution in [3.8, 4) is 28.6 Å². The average Bonchev–Trinajstić information content (AvgIpc) is 3.34. The van der Waals surface area contributed by atoms with Crippen molar-refractivity contribution < 1.29 is 14.2 Å². The largest absolute Gasteiger partial charge is 0.493 e. The molecule has 0 fully saturated rings. The molecule has 6 nitrogen and oxygen atoms in total. The Morgan fingerprint density at radius 1 is 0.941 bits per heavy atom. The lowest BCUT2D eigenvalue weighted by Gasteiger charge is -2.17. The molecule has 0 unspecified atom stereocenters. The van der Waals surface area contributed by atoms with Gasteiger partial charge in [0, 0.05) is 0 Å². The van der Waals surface area contributed by atoms with Crippen LogP contribution in [0.15, 0.2) is 71.5 Å². The Hall–Kier alpha value is -3.80. The van der Waals surface area contributed by atoms with E-state index >= 15 is 0 Å². The minimum absolute atomic E-state index is 0.0870. The van der Waals surface area contributed by atoms with Gasteiger partial charge in [0.2, 0.25) is 6.79 Å². The lowest BCUT2D eigenvalue weighted by atomic mass is 10.1. The van der Waals surface area contributed by atoms with E-state index in [9.17, 15) is 4.79 Å². The lowest BCUT2D eigenvalue weighted by molar-refractivity contribution is 0.174. The monoisotopic (exact) mass is 456 g/mol. The highest BCUT2D eigenvalue weighted by Crippen LogP contribution is 2.34. The van der Waals surface area contributed by atoms with Crippen molar-refractivity contribution in [2.45, 2.75) is 39.2 Å². The first-order valence-corrected chi connectivity index (χ1v) is 11.8. The molecule has 1 aliphatic rings. The Kier molecular flexibility index (Phi) is 6.47. The zero-order valence-electron chi connectivity index (χ0n) is 19.3. The van der Waals surface area contributed by atoms with Crippen LogP contribution in [0.2, 0.25) is 0 Å². The molecule has 1 aliphatic heterocycles. The fraction of sp³-hybridized carbons (Fsp3) is 0.286. The van der Waals surface area contributed by atoms with Crippen LogP contribution in [0.4, 0.5) is 0 Å². The van der Waals surface area contributed by atoms with Gasteiger partial charge in [0.15, 0.2) is 11.5 Å². The zero-order valence-corrected chi connectivity index (χ0v) is 19.3. The Bertz CT molecular complexity index is 1360. The fourth-order valence-electron chi connectivity index (χ4n) is 4.23. The molecular weight excluding hydrogens is 428 g/mol. The summed E-state index contributed by atoms with van der Waals surface area (Å²) < 4.78 is 18.9. The minimum Gasteiger partial charge on any atom is -0.493 e. The van der Waals surface area contributed by atoms with E-state index in [0.29, 0.717) is 35.6 Å². The first-order valence-electron chi connectivity index (χ1n) is 11.8. The van der Waals surface area contributed by atoms with Crippen molar-refractivity contribution in [3.05, 3.63) is 82.6 Å². The molecule has 0 atom stereocenters. The van der Waals surface area contributed by atoms with Crippen LogP contribution in [0.5, 0.6) is 17.2 Å². The van der Waals surface area contributed by atoms with Gasteiger partial charge < -0.3 is 14.2 Å². The SMILES string of the molecule is CCCCCCOc1ccccc1-c1nc2ccccc2c(=O)n1Cc1ccc2c(c1)OCO2. The Balaban J connectivity index is 1.56.